The lowest BCUT2D eigenvalue weighted by Crippen LogP contribution is -2.57. The summed E-state index contributed by atoms with van der Waals surface area (Å²) < 4.78 is 1.31. The Morgan fingerprint density at radius 1 is 0.738 bits per heavy atom. The molecule has 5 aromatic rings. The van der Waals surface area contributed by atoms with Crippen molar-refractivity contribution < 1.29 is 0 Å². The van der Waals surface area contributed by atoms with E-state index in [0.29, 0.717) is 5.92 Å². The van der Waals surface area contributed by atoms with E-state index in [4.69, 9.17) is 4.99 Å². The summed E-state index contributed by atoms with van der Waals surface area (Å²) in [6.07, 6.45) is 16.4. The number of hydrogen-bond donors (Lipinski definition) is 0. The van der Waals surface area contributed by atoms with Gasteiger partial charge in [-0.1, -0.05) is 122 Å². The monoisotopic (exact) mass is 558 g/mol. The van der Waals surface area contributed by atoms with Crippen LogP contribution < -0.4 is 0 Å². The Morgan fingerprint density at radius 3 is 2.38 bits per heavy atom. The first-order valence-corrected chi connectivity index (χ1v) is 15.6. The van der Waals surface area contributed by atoms with E-state index in [1.54, 1.807) is 0 Å². The van der Waals surface area contributed by atoms with Crippen LogP contribution in [0.3, 0.4) is 0 Å². The van der Waals surface area contributed by atoms with Gasteiger partial charge in [-0.25, -0.2) is 0 Å². The zero-order valence-electron chi connectivity index (χ0n) is 23.7. The molecule has 0 spiro atoms. The van der Waals surface area contributed by atoms with Gasteiger partial charge < -0.3 is 4.90 Å². The zero-order chi connectivity index (χ0) is 28.1. The van der Waals surface area contributed by atoms with Crippen molar-refractivity contribution in [2.24, 2.45) is 16.3 Å². The van der Waals surface area contributed by atoms with E-state index in [0.717, 1.165) is 5.84 Å². The fourth-order valence-corrected chi connectivity index (χ4v) is 8.78. The minimum absolute atomic E-state index is 0.104. The standard InChI is InChI=1S/C39H30N2S/c1-38-22-8-7-11-30(38)20-21-35-39(38,2)40-37-36-32(31-12-5-6-13-34(31)42-36)24-33(41(35)37)27-17-14-26(15-18-27)29-19-16-25-9-3-4-10-28(25)23-29/h3-24,30,35H,1-2H3. The number of hydrogen-bond acceptors (Lipinski definition) is 3. The second-order valence-corrected chi connectivity index (χ2v) is 13.4. The van der Waals surface area contributed by atoms with Crippen molar-refractivity contribution in [2.75, 3.05) is 0 Å². The maximum absolute atomic E-state index is 5.70. The Hall–Kier alpha value is -4.47. The first kappa shape index (κ1) is 24.2. The second-order valence-electron chi connectivity index (χ2n) is 12.3. The predicted octanol–water partition coefficient (Wildman–Crippen LogP) is 9.74. The van der Waals surface area contributed by atoms with Gasteiger partial charge in [-0.15, -0.1) is 11.3 Å². The topological polar surface area (TPSA) is 15.6 Å². The van der Waals surface area contributed by atoms with Crippen LogP contribution in [0.2, 0.25) is 0 Å². The first-order valence-electron chi connectivity index (χ1n) is 14.8. The minimum Gasteiger partial charge on any atom is -0.315 e. The normalized spacial score (nSPS) is 27.0. The maximum Gasteiger partial charge on any atom is 0.147 e. The molecule has 3 heterocycles. The van der Waals surface area contributed by atoms with Crippen LogP contribution in [0, 0.1) is 11.3 Å². The summed E-state index contributed by atoms with van der Waals surface area (Å²) in [4.78, 5) is 9.52. The van der Waals surface area contributed by atoms with Crippen LogP contribution in [0.5, 0.6) is 0 Å². The number of fused-ring (bicyclic) bond motifs is 10. The molecule has 4 aromatic carbocycles. The van der Waals surface area contributed by atoms with E-state index < -0.39 is 0 Å². The molecule has 0 radical (unpaired) electrons. The third-order valence-corrected chi connectivity index (χ3v) is 11.4. The molecule has 0 fully saturated rings. The molecule has 2 aliphatic heterocycles. The summed E-state index contributed by atoms with van der Waals surface area (Å²) in [5, 5.41) is 3.85. The number of nitrogens with zero attached hydrogens (tertiary/aromatic N) is 2. The third kappa shape index (κ3) is 3.17. The van der Waals surface area contributed by atoms with E-state index in [2.05, 4.69) is 152 Å². The number of rotatable bonds is 2. The maximum atomic E-state index is 5.70. The lowest BCUT2D eigenvalue weighted by molar-refractivity contribution is 0.139. The molecule has 0 saturated carbocycles. The van der Waals surface area contributed by atoms with Gasteiger partial charge in [-0.2, -0.15) is 0 Å². The molecule has 0 amide bonds. The number of thiophene rings is 1. The van der Waals surface area contributed by atoms with Crippen LogP contribution in [0.1, 0.15) is 29.9 Å². The first-order chi connectivity index (χ1) is 20.5. The highest BCUT2D eigenvalue weighted by Crippen LogP contribution is 2.57. The fraction of sp³-hybridized carbons (Fsp3) is 0.154. The molecule has 202 valence electrons. The van der Waals surface area contributed by atoms with Gasteiger partial charge in [0.15, 0.2) is 0 Å². The predicted molar refractivity (Wildman–Crippen MR) is 179 cm³/mol. The van der Waals surface area contributed by atoms with Crippen LogP contribution >= 0.6 is 11.3 Å². The van der Waals surface area contributed by atoms with E-state index in [9.17, 15) is 0 Å². The Kier molecular flexibility index (Phi) is 4.91. The second kappa shape index (κ2) is 8.53. The van der Waals surface area contributed by atoms with Gasteiger partial charge in [-0.3, -0.25) is 4.99 Å². The highest BCUT2D eigenvalue weighted by molar-refractivity contribution is 7.21. The molecular weight excluding hydrogens is 529 g/mol. The fourth-order valence-electron chi connectivity index (χ4n) is 7.61. The lowest BCUT2D eigenvalue weighted by Gasteiger charge is -2.51. The zero-order valence-corrected chi connectivity index (χ0v) is 24.5. The van der Waals surface area contributed by atoms with Crippen molar-refractivity contribution >= 4 is 49.8 Å². The van der Waals surface area contributed by atoms with Crippen LogP contribution in [0.15, 0.2) is 132 Å². The number of benzene rings is 4. The minimum atomic E-state index is -0.301. The average Bonchev–Trinajstić information content (AvgIpc) is 3.56. The molecule has 1 aromatic heterocycles. The van der Waals surface area contributed by atoms with Crippen LogP contribution in [-0.4, -0.2) is 22.3 Å². The van der Waals surface area contributed by atoms with E-state index in [1.165, 1.54) is 53.7 Å². The molecular formula is C39H30N2S. The molecule has 42 heavy (non-hydrogen) atoms. The van der Waals surface area contributed by atoms with Gasteiger partial charge >= 0.3 is 0 Å². The lowest BCUT2D eigenvalue weighted by atomic mass is 9.57. The summed E-state index contributed by atoms with van der Waals surface area (Å²) in [5.74, 6) is 1.45. The smallest absolute Gasteiger partial charge is 0.147 e. The van der Waals surface area contributed by atoms with E-state index in [1.807, 2.05) is 11.3 Å². The van der Waals surface area contributed by atoms with Crippen molar-refractivity contribution in [1.82, 2.24) is 4.90 Å². The molecule has 3 heteroatoms. The third-order valence-electron chi connectivity index (χ3n) is 10.2. The number of aliphatic imine (C=N–C) groups is 1. The SMILES string of the molecule is CC12C=CC=CC1C=CC1N3C(c4ccc(-c5ccc6ccccc6c5)cc4)=Cc4c(sc5ccccc45)C3=NC12C. The summed E-state index contributed by atoms with van der Waals surface area (Å²) >= 11 is 1.87. The van der Waals surface area contributed by atoms with Gasteiger partial charge in [0.1, 0.15) is 5.84 Å². The molecule has 4 aliphatic rings. The number of amidine groups is 1. The van der Waals surface area contributed by atoms with Gasteiger partial charge in [0.25, 0.3) is 0 Å². The summed E-state index contributed by atoms with van der Waals surface area (Å²) in [7, 11) is 0. The largest absolute Gasteiger partial charge is 0.315 e. The van der Waals surface area contributed by atoms with Crippen molar-refractivity contribution in [1.29, 1.82) is 0 Å². The van der Waals surface area contributed by atoms with Crippen molar-refractivity contribution in [3.05, 3.63) is 143 Å². The molecule has 4 unspecified atom stereocenters. The summed E-state index contributed by atoms with van der Waals surface area (Å²) in [6, 6.07) is 33.4. The molecule has 0 saturated heterocycles. The van der Waals surface area contributed by atoms with Gasteiger partial charge in [0.05, 0.1) is 22.2 Å². The molecule has 4 atom stereocenters. The van der Waals surface area contributed by atoms with E-state index in [-0.39, 0.29) is 17.0 Å². The highest BCUT2D eigenvalue weighted by Gasteiger charge is 2.60. The molecule has 9 rings (SSSR count). The molecule has 0 N–H and O–H groups in total. The summed E-state index contributed by atoms with van der Waals surface area (Å²) in [6.45, 7) is 4.76. The highest BCUT2D eigenvalue weighted by atomic mass is 32.1. The Bertz CT molecular complexity index is 2090. The van der Waals surface area contributed by atoms with Gasteiger partial charge in [0.2, 0.25) is 0 Å². The van der Waals surface area contributed by atoms with Crippen molar-refractivity contribution in [3.63, 3.8) is 0 Å². The Morgan fingerprint density at radius 2 is 1.50 bits per heavy atom. The molecule has 2 aliphatic carbocycles. The van der Waals surface area contributed by atoms with Gasteiger partial charge in [0, 0.05) is 27.0 Å². The van der Waals surface area contributed by atoms with E-state index >= 15 is 0 Å². The Balaban J connectivity index is 1.21. The van der Waals surface area contributed by atoms with Gasteiger partial charge in [-0.05, 0) is 52.6 Å². The van der Waals surface area contributed by atoms with Crippen LogP contribution in [-0.2, 0) is 0 Å². The Labute approximate surface area is 250 Å². The quantitative estimate of drug-likeness (QED) is 0.197. The van der Waals surface area contributed by atoms with Crippen LogP contribution in [0.4, 0.5) is 0 Å². The summed E-state index contributed by atoms with van der Waals surface area (Å²) in [5.41, 5.74) is 5.81. The molecule has 0 bridgehead atoms. The number of allylic oxidation sites excluding steroid dienone is 4. The van der Waals surface area contributed by atoms with Crippen LogP contribution in [0.25, 0.3) is 43.8 Å². The average molecular weight is 559 g/mol. The molecule has 2 nitrogen and oxygen atoms in total. The van der Waals surface area contributed by atoms with Crippen molar-refractivity contribution in [2.45, 2.75) is 25.4 Å². The van der Waals surface area contributed by atoms with Crippen molar-refractivity contribution in [3.8, 4) is 11.1 Å².